The van der Waals surface area contributed by atoms with Crippen LogP contribution < -0.4 is 9.62 Å². The fraction of sp³-hybridized carbons (Fsp3) is 0.154. The standard InChI is InChI=1S/C26H22ClN3O2S/c1-17-14-20(30-12-13-32-16-33-30)8-9-21(17)26(31)28-19-7-10-23(27)22(15-19)25-11-6-18-4-2-3-5-24(18)29-25/h2-11,14-15H,12-13,16H2,1H3,(H,28,31). The van der Waals surface area contributed by atoms with Crippen LogP contribution in [-0.2, 0) is 4.74 Å². The zero-order valence-electron chi connectivity index (χ0n) is 18.0. The molecule has 0 atom stereocenters. The number of amides is 1. The highest BCUT2D eigenvalue weighted by molar-refractivity contribution is 8.00. The highest BCUT2D eigenvalue weighted by Crippen LogP contribution is 2.31. The van der Waals surface area contributed by atoms with Crippen molar-refractivity contribution in [3.63, 3.8) is 0 Å². The van der Waals surface area contributed by atoms with Gasteiger partial charge in [0.25, 0.3) is 5.91 Å². The highest BCUT2D eigenvalue weighted by Gasteiger charge is 2.16. The quantitative estimate of drug-likeness (QED) is 0.339. The molecule has 166 valence electrons. The normalized spacial score (nSPS) is 13.8. The number of carbonyl (C=O) groups excluding carboxylic acids is 1. The SMILES string of the molecule is Cc1cc(N2CCOCS2)ccc1C(=O)Nc1ccc(Cl)c(-c2ccc3ccccc3n2)c1. The second kappa shape index (κ2) is 9.43. The number of para-hydroxylation sites is 1. The summed E-state index contributed by atoms with van der Waals surface area (Å²) >= 11 is 8.12. The van der Waals surface area contributed by atoms with Crippen LogP contribution in [0.3, 0.4) is 0 Å². The number of aryl methyl sites for hydroxylation is 1. The molecule has 0 aliphatic carbocycles. The Morgan fingerprint density at radius 2 is 1.97 bits per heavy atom. The average Bonchev–Trinajstić information content (AvgIpc) is 2.85. The molecule has 7 heteroatoms. The number of rotatable bonds is 4. The summed E-state index contributed by atoms with van der Waals surface area (Å²) in [5, 5.41) is 4.66. The molecule has 0 bridgehead atoms. The first kappa shape index (κ1) is 21.8. The van der Waals surface area contributed by atoms with Crippen LogP contribution in [0, 0.1) is 6.92 Å². The van der Waals surface area contributed by atoms with E-state index in [0.29, 0.717) is 28.8 Å². The molecule has 5 rings (SSSR count). The molecule has 0 unspecified atom stereocenters. The van der Waals surface area contributed by atoms with Crippen molar-refractivity contribution in [3.8, 4) is 11.3 Å². The molecule has 1 aromatic heterocycles. The topological polar surface area (TPSA) is 54.5 Å². The van der Waals surface area contributed by atoms with Gasteiger partial charge in [-0.25, -0.2) is 4.98 Å². The van der Waals surface area contributed by atoms with E-state index in [9.17, 15) is 4.79 Å². The molecule has 0 radical (unpaired) electrons. The molecule has 1 N–H and O–H groups in total. The fourth-order valence-corrected chi connectivity index (χ4v) is 4.85. The summed E-state index contributed by atoms with van der Waals surface area (Å²) in [6.45, 7) is 3.49. The van der Waals surface area contributed by atoms with Gasteiger partial charge in [-0.2, -0.15) is 0 Å². The number of fused-ring (bicyclic) bond motifs is 1. The summed E-state index contributed by atoms with van der Waals surface area (Å²) in [6, 6.07) is 23.3. The van der Waals surface area contributed by atoms with Gasteiger partial charge in [0, 0.05) is 27.9 Å². The Morgan fingerprint density at radius 1 is 1.09 bits per heavy atom. The molecular formula is C26H22ClN3O2S. The molecule has 4 aromatic rings. The molecule has 1 amide bonds. The van der Waals surface area contributed by atoms with Crippen molar-refractivity contribution in [2.45, 2.75) is 6.92 Å². The van der Waals surface area contributed by atoms with Crippen LogP contribution in [0.5, 0.6) is 0 Å². The monoisotopic (exact) mass is 475 g/mol. The summed E-state index contributed by atoms with van der Waals surface area (Å²) in [5.41, 5.74) is 5.74. The van der Waals surface area contributed by atoms with E-state index in [0.717, 1.165) is 40.0 Å². The minimum Gasteiger partial charge on any atom is -0.367 e. The zero-order valence-corrected chi connectivity index (χ0v) is 19.6. The van der Waals surface area contributed by atoms with Gasteiger partial charge in [-0.15, -0.1) is 0 Å². The first-order valence-electron chi connectivity index (χ1n) is 10.6. The maximum Gasteiger partial charge on any atom is 0.255 e. The minimum absolute atomic E-state index is 0.159. The average molecular weight is 476 g/mol. The molecule has 0 spiro atoms. The summed E-state index contributed by atoms with van der Waals surface area (Å²) in [7, 11) is 0. The summed E-state index contributed by atoms with van der Waals surface area (Å²) < 4.78 is 7.59. The summed E-state index contributed by atoms with van der Waals surface area (Å²) in [6.07, 6.45) is 0. The number of hydrogen-bond acceptors (Lipinski definition) is 5. The number of halogens is 1. The van der Waals surface area contributed by atoms with Gasteiger partial charge in [0.05, 0.1) is 29.4 Å². The highest BCUT2D eigenvalue weighted by atomic mass is 35.5. The number of pyridine rings is 1. The van der Waals surface area contributed by atoms with Crippen molar-refractivity contribution in [2.75, 3.05) is 28.7 Å². The number of aromatic nitrogens is 1. The van der Waals surface area contributed by atoms with Gasteiger partial charge in [-0.3, -0.25) is 4.79 Å². The second-order valence-corrected chi connectivity index (χ2v) is 9.14. The second-order valence-electron chi connectivity index (χ2n) is 7.79. The van der Waals surface area contributed by atoms with E-state index >= 15 is 0 Å². The van der Waals surface area contributed by atoms with E-state index in [2.05, 4.69) is 9.62 Å². The fourth-order valence-electron chi connectivity index (χ4n) is 3.85. The van der Waals surface area contributed by atoms with Crippen molar-refractivity contribution >= 4 is 51.7 Å². The smallest absolute Gasteiger partial charge is 0.255 e. The molecular weight excluding hydrogens is 454 g/mol. The van der Waals surface area contributed by atoms with Crippen LogP contribution in [0.25, 0.3) is 22.2 Å². The number of ether oxygens (including phenoxy) is 1. The van der Waals surface area contributed by atoms with Crippen molar-refractivity contribution in [1.29, 1.82) is 0 Å². The molecule has 1 aliphatic heterocycles. The van der Waals surface area contributed by atoms with Crippen molar-refractivity contribution < 1.29 is 9.53 Å². The lowest BCUT2D eigenvalue weighted by Crippen LogP contribution is -2.26. The molecule has 3 aromatic carbocycles. The Morgan fingerprint density at radius 3 is 2.79 bits per heavy atom. The molecule has 1 fully saturated rings. The zero-order chi connectivity index (χ0) is 22.8. The Labute approximate surface area is 201 Å². The van der Waals surface area contributed by atoms with Crippen LogP contribution in [0.1, 0.15) is 15.9 Å². The predicted molar refractivity (Wildman–Crippen MR) is 137 cm³/mol. The molecule has 5 nitrogen and oxygen atoms in total. The van der Waals surface area contributed by atoms with Gasteiger partial charge in [-0.1, -0.05) is 35.9 Å². The largest absolute Gasteiger partial charge is 0.367 e. The van der Waals surface area contributed by atoms with E-state index in [1.54, 1.807) is 24.1 Å². The van der Waals surface area contributed by atoms with Crippen LogP contribution >= 0.6 is 23.5 Å². The van der Waals surface area contributed by atoms with E-state index in [1.165, 1.54) is 0 Å². The number of nitrogens with zero attached hydrogens (tertiary/aromatic N) is 2. The van der Waals surface area contributed by atoms with Gasteiger partial charge in [0.15, 0.2) is 0 Å². The molecule has 0 saturated carbocycles. The number of benzene rings is 3. The van der Waals surface area contributed by atoms with Gasteiger partial charge in [0.1, 0.15) is 5.94 Å². The summed E-state index contributed by atoms with van der Waals surface area (Å²) in [4.78, 5) is 17.8. The van der Waals surface area contributed by atoms with E-state index in [4.69, 9.17) is 21.3 Å². The predicted octanol–water partition coefficient (Wildman–Crippen LogP) is 6.56. The van der Waals surface area contributed by atoms with E-state index in [1.807, 2.05) is 67.6 Å². The third kappa shape index (κ3) is 4.69. The summed E-state index contributed by atoms with van der Waals surface area (Å²) in [5.74, 6) is 0.486. The number of nitrogens with one attached hydrogen (secondary N) is 1. The minimum atomic E-state index is -0.159. The molecule has 2 heterocycles. The van der Waals surface area contributed by atoms with Crippen molar-refractivity contribution in [1.82, 2.24) is 4.98 Å². The molecule has 1 saturated heterocycles. The third-order valence-corrected chi connectivity index (χ3v) is 6.88. The van der Waals surface area contributed by atoms with Crippen LogP contribution in [0.4, 0.5) is 11.4 Å². The Bertz CT molecular complexity index is 1340. The molecule has 1 aliphatic rings. The van der Waals surface area contributed by atoms with Gasteiger partial charge in [0.2, 0.25) is 0 Å². The van der Waals surface area contributed by atoms with Gasteiger partial charge < -0.3 is 14.4 Å². The Kier molecular flexibility index (Phi) is 6.22. The van der Waals surface area contributed by atoms with Crippen LogP contribution in [0.15, 0.2) is 72.8 Å². The lowest BCUT2D eigenvalue weighted by Gasteiger charge is -2.27. The van der Waals surface area contributed by atoms with Gasteiger partial charge >= 0.3 is 0 Å². The maximum atomic E-state index is 13.0. The Balaban J connectivity index is 1.38. The van der Waals surface area contributed by atoms with E-state index in [-0.39, 0.29) is 5.91 Å². The first-order valence-corrected chi connectivity index (χ1v) is 12.0. The maximum absolute atomic E-state index is 13.0. The number of carbonyl (C=O) groups is 1. The Hall–Kier alpha value is -3.06. The van der Waals surface area contributed by atoms with Crippen molar-refractivity contribution in [3.05, 3.63) is 88.9 Å². The first-order chi connectivity index (χ1) is 16.1. The van der Waals surface area contributed by atoms with Crippen LogP contribution in [0.2, 0.25) is 5.02 Å². The van der Waals surface area contributed by atoms with Gasteiger partial charge in [-0.05, 0) is 73.0 Å². The number of hydrogen-bond donors (Lipinski definition) is 1. The van der Waals surface area contributed by atoms with Crippen LogP contribution in [-0.4, -0.2) is 30.0 Å². The lowest BCUT2D eigenvalue weighted by molar-refractivity contribution is 0.102. The third-order valence-electron chi connectivity index (χ3n) is 5.57. The molecule has 33 heavy (non-hydrogen) atoms. The number of anilines is 2. The lowest BCUT2D eigenvalue weighted by atomic mass is 10.1. The van der Waals surface area contributed by atoms with Crippen molar-refractivity contribution in [2.24, 2.45) is 0 Å². The van der Waals surface area contributed by atoms with E-state index < -0.39 is 0 Å².